The quantitative estimate of drug-likeness (QED) is 0.444. The van der Waals surface area contributed by atoms with E-state index in [9.17, 15) is 4.79 Å². The van der Waals surface area contributed by atoms with Gasteiger partial charge in [0, 0.05) is 0 Å². The minimum absolute atomic E-state index is 0. The lowest BCUT2D eigenvalue weighted by atomic mass is 10.8. The van der Waals surface area contributed by atoms with Gasteiger partial charge in [0.2, 0.25) is 0 Å². The molecule has 0 unspecified atom stereocenters. The van der Waals surface area contributed by atoms with Crippen molar-refractivity contribution < 1.29 is 23.7 Å². The van der Waals surface area contributed by atoms with Crippen LogP contribution in [0.1, 0.15) is 0 Å². The average Bonchev–Trinajstić information content (AvgIpc) is 1.86. The third-order valence-corrected chi connectivity index (χ3v) is 0.523. The van der Waals surface area contributed by atoms with Crippen LogP contribution < -0.4 is 0 Å². The van der Waals surface area contributed by atoms with Gasteiger partial charge in [-0.05, 0) is 0 Å². The summed E-state index contributed by atoms with van der Waals surface area (Å²) in [6, 6.07) is 0. The molecule has 0 aromatic rings. The van der Waals surface area contributed by atoms with Gasteiger partial charge in [0.25, 0.3) is 0 Å². The maximum atomic E-state index is 9.80. The zero-order chi connectivity index (χ0) is 4.41. The zero-order valence-electron chi connectivity index (χ0n) is 3.96. The van der Waals surface area contributed by atoms with Crippen LogP contribution in [0.25, 0.3) is 0 Å². The van der Waals surface area contributed by atoms with Gasteiger partial charge in [-0.15, -0.1) is 0 Å². The summed E-state index contributed by atoms with van der Waals surface area (Å²) in [6.07, 6.45) is -0.546. The fraction of sp³-hybridized carbons (Fsp3) is 0.667. The first kappa shape index (κ1) is 10.2. The van der Waals surface area contributed by atoms with Gasteiger partial charge in [0.15, 0.2) is 0 Å². The number of hydrogen-bond donors (Lipinski definition) is 0. The summed E-state index contributed by atoms with van der Waals surface area (Å²) >= 11 is 0. The maximum Gasteiger partial charge on any atom is 0.508 e. The van der Waals surface area contributed by atoms with Crippen molar-refractivity contribution in [1.29, 1.82) is 0 Å². The predicted octanol–water partition coefficient (Wildman–Crippen LogP) is 0.458. The SMILES string of the molecule is F.F.O=C1OCCO1. The average molecular weight is 128 g/mol. The van der Waals surface area contributed by atoms with Gasteiger partial charge < -0.3 is 9.47 Å². The van der Waals surface area contributed by atoms with Crippen molar-refractivity contribution >= 4 is 6.16 Å². The number of hydrogen-bond acceptors (Lipinski definition) is 3. The summed E-state index contributed by atoms with van der Waals surface area (Å²) in [5.74, 6) is 0. The molecule has 0 aromatic heterocycles. The Balaban J connectivity index is 0. The summed E-state index contributed by atoms with van der Waals surface area (Å²) in [5, 5.41) is 0. The number of ether oxygens (including phenoxy) is 2. The molecule has 1 saturated heterocycles. The molecule has 1 fully saturated rings. The Hall–Kier alpha value is -0.870. The molecule has 8 heavy (non-hydrogen) atoms. The van der Waals surface area contributed by atoms with Gasteiger partial charge in [-0.25, -0.2) is 4.79 Å². The number of rotatable bonds is 0. The summed E-state index contributed by atoms with van der Waals surface area (Å²) in [6.45, 7) is 0.831. The van der Waals surface area contributed by atoms with Crippen molar-refractivity contribution in [3.63, 3.8) is 0 Å². The standard InChI is InChI=1S/C3H4O3.2FH/c4-3-5-1-2-6-3;;/h1-2H2;2*1H. The van der Waals surface area contributed by atoms with Crippen LogP contribution in [0.5, 0.6) is 0 Å². The molecule has 3 nitrogen and oxygen atoms in total. The molecule has 0 radical (unpaired) electrons. The van der Waals surface area contributed by atoms with Crippen molar-refractivity contribution in [3.05, 3.63) is 0 Å². The van der Waals surface area contributed by atoms with E-state index in [1.54, 1.807) is 0 Å². The second-order valence-corrected chi connectivity index (χ2v) is 0.947. The fourth-order valence-electron chi connectivity index (χ4n) is 0.292. The Morgan fingerprint density at radius 3 is 1.62 bits per heavy atom. The minimum atomic E-state index is -0.546. The van der Waals surface area contributed by atoms with Gasteiger partial charge in [-0.3, -0.25) is 9.41 Å². The lowest BCUT2D eigenvalue weighted by Crippen LogP contribution is -1.88. The second kappa shape index (κ2) is 4.29. The molecule has 1 rings (SSSR count). The van der Waals surface area contributed by atoms with E-state index in [2.05, 4.69) is 9.47 Å². The summed E-state index contributed by atoms with van der Waals surface area (Å²) in [7, 11) is 0. The third kappa shape index (κ3) is 2.33. The van der Waals surface area contributed by atoms with Crippen LogP contribution in [0.4, 0.5) is 14.2 Å². The Bertz CT molecular complexity index is 66.9. The predicted molar refractivity (Wildman–Crippen MR) is 22.3 cm³/mol. The molecule has 1 heterocycles. The first-order valence-electron chi connectivity index (χ1n) is 1.69. The van der Waals surface area contributed by atoms with Crippen LogP contribution in [0.3, 0.4) is 0 Å². The van der Waals surface area contributed by atoms with E-state index in [0.29, 0.717) is 13.2 Å². The van der Waals surface area contributed by atoms with E-state index in [1.165, 1.54) is 0 Å². The zero-order valence-corrected chi connectivity index (χ0v) is 3.96. The van der Waals surface area contributed by atoms with Gasteiger partial charge in [-0.1, -0.05) is 0 Å². The van der Waals surface area contributed by atoms with Crippen LogP contribution in [0, 0.1) is 0 Å². The highest BCUT2D eigenvalue weighted by atomic mass is 19.0. The Kier molecular flexibility index (Phi) is 5.46. The molecular weight excluding hydrogens is 122 g/mol. The van der Waals surface area contributed by atoms with E-state index < -0.39 is 6.16 Å². The highest BCUT2D eigenvalue weighted by Crippen LogP contribution is 1.92. The lowest BCUT2D eigenvalue weighted by molar-refractivity contribution is 0.131. The van der Waals surface area contributed by atoms with Gasteiger partial charge >= 0.3 is 6.16 Å². The highest BCUT2D eigenvalue weighted by Gasteiger charge is 2.09. The van der Waals surface area contributed by atoms with Crippen molar-refractivity contribution in [2.24, 2.45) is 0 Å². The topological polar surface area (TPSA) is 35.5 Å². The lowest BCUT2D eigenvalue weighted by Gasteiger charge is -1.78. The normalized spacial score (nSPS) is 14.8. The molecule has 0 atom stereocenters. The maximum absolute atomic E-state index is 9.80. The fourth-order valence-corrected chi connectivity index (χ4v) is 0.292. The smallest absolute Gasteiger partial charge is 0.431 e. The first-order valence-corrected chi connectivity index (χ1v) is 1.69. The van der Waals surface area contributed by atoms with Crippen LogP contribution in [0.15, 0.2) is 0 Å². The Labute approximate surface area is 44.3 Å². The van der Waals surface area contributed by atoms with Gasteiger partial charge in [0.05, 0.1) is 0 Å². The molecule has 1 aliphatic heterocycles. The monoisotopic (exact) mass is 128 g/mol. The summed E-state index contributed by atoms with van der Waals surface area (Å²) < 4.78 is 8.58. The van der Waals surface area contributed by atoms with E-state index in [4.69, 9.17) is 0 Å². The second-order valence-electron chi connectivity index (χ2n) is 0.947. The van der Waals surface area contributed by atoms with Crippen molar-refractivity contribution in [2.45, 2.75) is 0 Å². The number of halogens is 2. The molecule has 0 N–H and O–H groups in total. The van der Waals surface area contributed by atoms with Gasteiger partial charge in [0.1, 0.15) is 13.2 Å². The van der Waals surface area contributed by atoms with Crippen LogP contribution >= 0.6 is 0 Å². The summed E-state index contributed by atoms with van der Waals surface area (Å²) in [4.78, 5) is 9.80. The molecule has 0 saturated carbocycles. The molecule has 5 heteroatoms. The third-order valence-electron chi connectivity index (χ3n) is 0.523. The number of carbonyl (C=O) groups excluding carboxylic acids is 1. The van der Waals surface area contributed by atoms with Crippen molar-refractivity contribution in [1.82, 2.24) is 0 Å². The highest BCUT2D eigenvalue weighted by molar-refractivity contribution is 5.61. The van der Waals surface area contributed by atoms with E-state index in [-0.39, 0.29) is 9.41 Å². The first-order chi connectivity index (χ1) is 2.89. The van der Waals surface area contributed by atoms with Crippen molar-refractivity contribution in [2.75, 3.05) is 13.2 Å². The van der Waals surface area contributed by atoms with Gasteiger partial charge in [-0.2, -0.15) is 0 Å². The molecule has 0 spiro atoms. The molecule has 0 aromatic carbocycles. The van der Waals surface area contributed by atoms with Crippen LogP contribution in [-0.4, -0.2) is 19.4 Å². The molecular formula is C3H6F2O3. The minimum Gasteiger partial charge on any atom is -0.431 e. The number of cyclic esters (lactones) is 2. The molecule has 0 amide bonds. The van der Waals surface area contributed by atoms with Crippen molar-refractivity contribution in [3.8, 4) is 0 Å². The Morgan fingerprint density at radius 1 is 1.12 bits per heavy atom. The number of carbonyl (C=O) groups is 1. The summed E-state index contributed by atoms with van der Waals surface area (Å²) in [5.41, 5.74) is 0. The molecule has 0 bridgehead atoms. The van der Waals surface area contributed by atoms with E-state index >= 15 is 0 Å². The molecule has 0 aliphatic carbocycles. The van der Waals surface area contributed by atoms with E-state index in [1.807, 2.05) is 0 Å². The van der Waals surface area contributed by atoms with Crippen LogP contribution in [0.2, 0.25) is 0 Å². The Morgan fingerprint density at radius 2 is 1.50 bits per heavy atom. The molecule has 50 valence electrons. The van der Waals surface area contributed by atoms with E-state index in [0.717, 1.165) is 0 Å². The molecule has 1 aliphatic rings. The van der Waals surface area contributed by atoms with Crippen LogP contribution in [-0.2, 0) is 9.47 Å². The largest absolute Gasteiger partial charge is 0.508 e.